The van der Waals surface area contributed by atoms with Crippen LogP contribution in [0.1, 0.15) is 35.5 Å². The van der Waals surface area contributed by atoms with E-state index in [1.807, 2.05) is 16.7 Å². The average molecular weight is 386 g/mol. The van der Waals surface area contributed by atoms with Crippen LogP contribution in [0.2, 0.25) is 0 Å². The summed E-state index contributed by atoms with van der Waals surface area (Å²) < 4.78 is 7.39. The molecule has 6 nitrogen and oxygen atoms in total. The summed E-state index contributed by atoms with van der Waals surface area (Å²) in [7, 11) is 0. The lowest BCUT2D eigenvalue weighted by molar-refractivity contribution is -0.655. The van der Waals surface area contributed by atoms with E-state index >= 15 is 0 Å². The second-order valence-corrected chi connectivity index (χ2v) is 8.56. The Morgan fingerprint density at radius 2 is 2.04 bits per heavy atom. The number of piperazine rings is 1. The zero-order valence-corrected chi connectivity index (χ0v) is 16.3. The molecular formula is C20H25N4O2S+. The van der Waals surface area contributed by atoms with E-state index in [0.717, 1.165) is 60.9 Å². The fourth-order valence-corrected chi connectivity index (χ4v) is 5.54. The van der Waals surface area contributed by atoms with Gasteiger partial charge in [-0.2, -0.15) is 0 Å². The van der Waals surface area contributed by atoms with E-state index in [9.17, 15) is 4.79 Å². The van der Waals surface area contributed by atoms with Crippen molar-refractivity contribution in [1.29, 1.82) is 0 Å². The van der Waals surface area contributed by atoms with Crippen LogP contribution < -0.4 is 15.8 Å². The van der Waals surface area contributed by atoms with Crippen molar-refractivity contribution in [2.45, 2.75) is 38.6 Å². The van der Waals surface area contributed by atoms with Gasteiger partial charge in [0.2, 0.25) is 5.95 Å². The van der Waals surface area contributed by atoms with Gasteiger partial charge in [-0.05, 0) is 43.4 Å². The highest BCUT2D eigenvalue weighted by Crippen LogP contribution is 2.34. The number of thiophene rings is 1. The third-order valence-corrected chi connectivity index (χ3v) is 6.87. The van der Waals surface area contributed by atoms with Crippen molar-refractivity contribution in [2.75, 3.05) is 31.1 Å². The number of quaternary nitrogens is 1. The first-order chi connectivity index (χ1) is 13.3. The Balaban J connectivity index is 1.70. The first-order valence-corrected chi connectivity index (χ1v) is 10.8. The summed E-state index contributed by atoms with van der Waals surface area (Å²) in [5.41, 5.74) is 1.36. The predicted molar refractivity (Wildman–Crippen MR) is 107 cm³/mol. The molecule has 7 heteroatoms. The van der Waals surface area contributed by atoms with E-state index in [1.165, 1.54) is 29.7 Å². The third kappa shape index (κ3) is 3.08. The molecule has 0 spiro atoms. The molecule has 1 aliphatic carbocycles. The van der Waals surface area contributed by atoms with Crippen LogP contribution in [0.3, 0.4) is 0 Å². The minimum Gasteiger partial charge on any atom is -0.467 e. The van der Waals surface area contributed by atoms with E-state index in [1.54, 1.807) is 17.6 Å². The molecule has 1 saturated heterocycles. The molecule has 2 aliphatic rings. The van der Waals surface area contributed by atoms with Crippen LogP contribution in [-0.4, -0.2) is 35.7 Å². The summed E-state index contributed by atoms with van der Waals surface area (Å²) >= 11 is 1.74. The van der Waals surface area contributed by atoms with Crippen LogP contribution in [0.25, 0.3) is 10.2 Å². The van der Waals surface area contributed by atoms with Gasteiger partial charge in [0.1, 0.15) is 10.6 Å². The summed E-state index contributed by atoms with van der Waals surface area (Å²) in [4.78, 5) is 23.2. The fourth-order valence-electron chi connectivity index (χ4n) is 4.30. The van der Waals surface area contributed by atoms with Crippen molar-refractivity contribution in [2.24, 2.45) is 0 Å². The van der Waals surface area contributed by atoms with Gasteiger partial charge >= 0.3 is 0 Å². The number of aromatic nitrogens is 2. The smallest absolute Gasteiger partial charge is 0.264 e. The van der Waals surface area contributed by atoms with Gasteiger partial charge in [-0.1, -0.05) is 6.42 Å². The van der Waals surface area contributed by atoms with Crippen LogP contribution in [-0.2, 0) is 19.4 Å². The molecule has 0 saturated carbocycles. The second-order valence-electron chi connectivity index (χ2n) is 7.48. The molecule has 3 aromatic heterocycles. The monoisotopic (exact) mass is 385 g/mol. The Morgan fingerprint density at radius 3 is 2.85 bits per heavy atom. The number of hydrogen-bond donors (Lipinski definition) is 1. The Bertz CT molecular complexity index is 999. The number of rotatable bonds is 3. The minimum atomic E-state index is 0.0975. The topological polar surface area (TPSA) is 67.9 Å². The molecule has 0 atom stereocenters. The maximum absolute atomic E-state index is 13.6. The van der Waals surface area contributed by atoms with Gasteiger partial charge < -0.3 is 14.6 Å². The third-order valence-electron chi connectivity index (χ3n) is 5.69. The van der Waals surface area contributed by atoms with E-state index in [-0.39, 0.29) is 5.56 Å². The molecule has 0 bridgehead atoms. The average Bonchev–Trinajstić information content (AvgIpc) is 3.27. The summed E-state index contributed by atoms with van der Waals surface area (Å²) in [6.45, 7) is 4.35. The van der Waals surface area contributed by atoms with Crippen LogP contribution in [0.15, 0.2) is 27.6 Å². The van der Waals surface area contributed by atoms with Gasteiger partial charge in [0.25, 0.3) is 5.56 Å². The number of nitrogens with zero attached hydrogens (tertiary/aromatic N) is 3. The number of aryl methyl sites for hydroxylation is 2. The Hall–Kier alpha value is -2.12. The molecule has 0 amide bonds. The van der Waals surface area contributed by atoms with Crippen molar-refractivity contribution in [3.05, 3.63) is 45.0 Å². The molecule has 2 N–H and O–H groups in total. The Labute approximate surface area is 161 Å². The molecule has 3 aromatic rings. The first kappa shape index (κ1) is 17.0. The molecule has 0 radical (unpaired) electrons. The summed E-state index contributed by atoms with van der Waals surface area (Å²) in [5.74, 6) is 1.60. The predicted octanol–water partition coefficient (Wildman–Crippen LogP) is 1.75. The Morgan fingerprint density at radius 1 is 1.19 bits per heavy atom. The maximum atomic E-state index is 13.6. The number of fused-ring (bicyclic) bond motifs is 3. The minimum absolute atomic E-state index is 0.0975. The number of furan rings is 1. The van der Waals surface area contributed by atoms with Gasteiger partial charge in [-0.15, -0.1) is 11.3 Å². The van der Waals surface area contributed by atoms with Crippen molar-refractivity contribution in [3.8, 4) is 0 Å². The number of hydrogen-bond acceptors (Lipinski definition) is 5. The van der Waals surface area contributed by atoms with Gasteiger partial charge in [0.05, 0.1) is 44.4 Å². The van der Waals surface area contributed by atoms with Crippen molar-refractivity contribution < 1.29 is 9.73 Å². The van der Waals surface area contributed by atoms with Crippen molar-refractivity contribution in [3.63, 3.8) is 0 Å². The van der Waals surface area contributed by atoms with Crippen LogP contribution in [0, 0.1) is 0 Å². The lowest BCUT2D eigenvalue weighted by atomic mass is 10.1. The standard InChI is InChI=1S/C20H24N4O2S/c25-19-17-15-6-2-1-3-7-16(15)27-18(17)22-20(23-10-8-21-9-11-23)24(19)13-14-5-4-12-26-14/h4-5,12,21H,1-3,6-11,13H2/p+1. The molecule has 0 unspecified atom stereocenters. The van der Waals surface area contributed by atoms with Gasteiger partial charge in [0, 0.05) is 4.88 Å². The van der Waals surface area contributed by atoms with Crippen LogP contribution >= 0.6 is 11.3 Å². The molecule has 142 valence electrons. The van der Waals surface area contributed by atoms with E-state index in [4.69, 9.17) is 9.40 Å². The SMILES string of the molecule is O=c1c2c3c(sc2nc(N2CC[NH2+]CC2)n1Cc1ccco1)CCCCC3. The largest absolute Gasteiger partial charge is 0.467 e. The molecule has 27 heavy (non-hydrogen) atoms. The highest BCUT2D eigenvalue weighted by Gasteiger charge is 2.25. The van der Waals surface area contributed by atoms with E-state index in [0.29, 0.717) is 6.54 Å². The highest BCUT2D eigenvalue weighted by molar-refractivity contribution is 7.18. The molecule has 5 rings (SSSR count). The van der Waals surface area contributed by atoms with Gasteiger partial charge in [0.15, 0.2) is 0 Å². The second kappa shape index (κ2) is 7.13. The Kier molecular flexibility index (Phi) is 4.49. The van der Waals surface area contributed by atoms with Crippen LogP contribution in [0.5, 0.6) is 0 Å². The van der Waals surface area contributed by atoms with Crippen molar-refractivity contribution >= 4 is 27.5 Å². The quantitative estimate of drug-likeness (QED) is 0.698. The van der Waals surface area contributed by atoms with Crippen LogP contribution in [0.4, 0.5) is 5.95 Å². The summed E-state index contributed by atoms with van der Waals surface area (Å²) in [6, 6.07) is 3.80. The summed E-state index contributed by atoms with van der Waals surface area (Å²) in [6.07, 6.45) is 7.39. The molecule has 0 aromatic carbocycles. The normalized spacial score (nSPS) is 17.9. The molecule has 1 fully saturated rings. The lowest BCUT2D eigenvalue weighted by Gasteiger charge is -2.28. The summed E-state index contributed by atoms with van der Waals surface area (Å²) in [5, 5.41) is 3.17. The maximum Gasteiger partial charge on any atom is 0.264 e. The first-order valence-electron chi connectivity index (χ1n) is 9.95. The zero-order valence-electron chi connectivity index (χ0n) is 15.4. The number of anilines is 1. The molecule has 1 aliphatic heterocycles. The zero-order chi connectivity index (χ0) is 18.2. The highest BCUT2D eigenvalue weighted by atomic mass is 32.1. The molecule has 4 heterocycles. The van der Waals surface area contributed by atoms with Gasteiger partial charge in [-0.25, -0.2) is 4.98 Å². The van der Waals surface area contributed by atoms with E-state index in [2.05, 4.69) is 10.2 Å². The fraction of sp³-hybridized carbons (Fsp3) is 0.500. The molecular weight excluding hydrogens is 360 g/mol. The van der Waals surface area contributed by atoms with E-state index < -0.39 is 0 Å². The van der Waals surface area contributed by atoms with Gasteiger partial charge in [-0.3, -0.25) is 9.36 Å². The lowest BCUT2D eigenvalue weighted by Crippen LogP contribution is -2.90. The van der Waals surface area contributed by atoms with Crippen molar-refractivity contribution in [1.82, 2.24) is 9.55 Å². The number of nitrogens with two attached hydrogens (primary N) is 1.